The summed E-state index contributed by atoms with van der Waals surface area (Å²) < 4.78 is 5.25. The standard InChI is InChI=1S/C12H10N4O3/c1-8-6-15-11(19-8)7-14-10-4-2-3-9(5-13)12(10)16(17)18/h2-4,6,14H,7H2,1H3. The fraction of sp³-hybridized carbons (Fsp3) is 0.167. The number of hydrogen-bond donors (Lipinski definition) is 1. The van der Waals surface area contributed by atoms with Crippen molar-refractivity contribution in [2.24, 2.45) is 0 Å². The molecule has 19 heavy (non-hydrogen) atoms. The normalized spacial score (nSPS) is 9.89. The largest absolute Gasteiger partial charge is 0.444 e. The number of aromatic nitrogens is 1. The van der Waals surface area contributed by atoms with Gasteiger partial charge < -0.3 is 9.73 Å². The molecule has 0 unspecified atom stereocenters. The summed E-state index contributed by atoms with van der Waals surface area (Å²) in [6.45, 7) is 1.97. The molecule has 1 aromatic carbocycles. The van der Waals surface area contributed by atoms with E-state index in [-0.39, 0.29) is 23.5 Å². The molecule has 7 nitrogen and oxygen atoms in total. The van der Waals surface area contributed by atoms with Crippen LogP contribution in [0.4, 0.5) is 11.4 Å². The fourth-order valence-corrected chi connectivity index (χ4v) is 1.63. The van der Waals surface area contributed by atoms with E-state index in [2.05, 4.69) is 10.3 Å². The summed E-state index contributed by atoms with van der Waals surface area (Å²) in [4.78, 5) is 14.4. The summed E-state index contributed by atoms with van der Waals surface area (Å²) in [6, 6.07) is 6.31. The van der Waals surface area contributed by atoms with Crippen molar-refractivity contribution in [1.29, 1.82) is 5.26 Å². The monoisotopic (exact) mass is 258 g/mol. The molecular weight excluding hydrogens is 248 g/mol. The molecule has 0 aliphatic carbocycles. The molecule has 0 radical (unpaired) electrons. The first-order valence-corrected chi connectivity index (χ1v) is 5.44. The van der Waals surface area contributed by atoms with Crippen LogP contribution in [0.5, 0.6) is 0 Å². The van der Waals surface area contributed by atoms with E-state index in [1.165, 1.54) is 12.1 Å². The first-order chi connectivity index (χ1) is 9.11. The van der Waals surface area contributed by atoms with Crippen LogP contribution in [-0.2, 0) is 6.54 Å². The number of nitro benzene ring substituents is 1. The molecule has 0 atom stereocenters. The molecule has 0 amide bonds. The summed E-state index contributed by atoms with van der Waals surface area (Å²) in [6.07, 6.45) is 1.57. The highest BCUT2D eigenvalue weighted by Crippen LogP contribution is 2.28. The van der Waals surface area contributed by atoms with Crippen molar-refractivity contribution in [3.8, 4) is 6.07 Å². The lowest BCUT2D eigenvalue weighted by molar-refractivity contribution is -0.384. The van der Waals surface area contributed by atoms with Gasteiger partial charge in [-0.1, -0.05) is 6.07 Å². The van der Waals surface area contributed by atoms with Gasteiger partial charge in [0.1, 0.15) is 23.1 Å². The zero-order chi connectivity index (χ0) is 13.8. The molecule has 2 aromatic rings. The van der Waals surface area contributed by atoms with E-state index in [1.54, 1.807) is 25.3 Å². The molecule has 0 aliphatic rings. The second-order valence-corrected chi connectivity index (χ2v) is 3.79. The first-order valence-electron chi connectivity index (χ1n) is 5.44. The quantitative estimate of drug-likeness (QED) is 0.666. The molecule has 2 rings (SSSR count). The van der Waals surface area contributed by atoms with Crippen molar-refractivity contribution < 1.29 is 9.34 Å². The van der Waals surface area contributed by atoms with Gasteiger partial charge in [-0.25, -0.2) is 4.98 Å². The van der Waals surface area contributed by atoms with Gasteiger partial charge in [-0.3, -0.25) is 10.1 Å². The van der Waals surface area contributed by atoms with Crippen molar-refractivity contribution in [2.45, 2.75) is 13.5 Å². The van der Waals surface area contributed by atoms with Crippen molar-refractivity contribution in [2.75, 3.05) is 5.32 Å². The number of para-hydroxylation sites is 1. The second kappa shape index (κ2) is 5.18. The molecule has 0 saturated carbocycles. The van der Waals surface area contributed by atoms with E-state index in [9.17, 15) is 10.1 Å². The summed E-state index contributed by atoms with van der Waals surface area (Å²) >= 11 is 0. The topological polar surface area (TPSA) is 105 Å². The number of nitro groups is 1. The van der Waals surface area contributed by atoms with Crippen molar-refractivity contribution in [3.05, 3.63) is 51.7 Å². The summed E-state index contributed by atoms with van der Waals surface area (Å²) in [5.41, 5.74) is 0.0340. The van der Waals surface area contributed by atoms with Crippen LogP contribution in [0.3, 0.4) is 0 Å². The van der Waals surface area contributed by atoms with E-state index in [0.29, 0.717) is 11.7 Å². The number of rotatable bonds is 4. The third-order valence-corrected chi connectivity index (χ3v) is 2.44. The highest BCUT2D eigenvalue weighted by Gasteiger charge is 2.19. The van der Waals surface area contributed by atoms with Gasteiger partial charge in [0.05, 0.1) is 17.7 Å². The van der Waals surface area contributed by atoms with Crippen LogP contribution in [0, 0.1) is 28.4 Å². The van der Waals surface area contributed by atoms with Gasteiger partial charge in [-0.2, -0.15) is 5.26 Å². The molecule has 0 fully saturated rings. The zero-order valence-corrected chi connectivity index (χ0v) is 10.1. The van der Waals surface area contributed by atoms with Crippen molar-refractivity contribution >= 4 is 11.4 Å². The smallest absolute Gasteiger partial charge is 0.309 e. The van der Waals surface area contributed by atoms with Crippen molar-refractivity contribution in [3.63, 3.8) is 0 Å². The van der Waals surface area contributed by atoms with Crippen LogP contribution in [0.15, 0.2) is 28.8 Å². The average Bonchev–Trinajstić information content (AvgIpc) is 2.81. The molecular formula is C12H10N4O3. The number of hydrogen-bond acceptors (Lipinski definition) is 6. The fourth-order valence-electron chi connectivity index (χ4n) is 1.63. The lowest BCUT2D eigenvalue weighted by atomic mass is 10.1. The maximum absolute atomic E-state index is 11.0. The van der Waals surface area contributed by atoms with E-state index >= 15 is 0 Å². The van der Waals surface area contributed by atoms with Gasteiger partial charge >= 0.3 is 5.69 Å². The Morgan fingerprint density at radius 3 is 2.95 bits per heavy atom. The molecule has 0 spiro atoms. The van der Waals surface area contributed by atoms with Gasteiger partial charge in [0.25, 0.3) is 0 Å². The number of nitriles is 1. The molecule has 0 saturated heterocycles. The van der Waals surface area contributed by atoms with E-state index < -0.39 is 4.92 Å². The molecule has 1 N–H and O–H groups in total. The molecule has 1 heterocycles. The predicted octanol–water partition coefficient (Wildman–Crippen LogP) is 2.38. The van der Waals surface area contributed by atoms with E-state index in [4.69, 9.17) is 9.68 Å². The Morgan fingerprint density at radius 1 is 1.58 bits per heavy atom. The zero-order valence-electron chi connectivity index (χ0n) is 10.1. The predicted molar refractivity (Wildman–Crippen MR) is 66.4 cm³/mol. The summed E-state index contributed by atoms with van der Waals surface area (Å²) in [7, 11) is 0. The van der Waals surface area contributed by atoms with Crippen LogP contribution in [-0.4, -0.2) is 9.91 Å². The first kappa shape index (κ1) is 12.6. The van der Waals surface area contributed by atoms with Gasteiger partial charge in [-0.15, -0.1) is 0 Å². The van der Waals surface area contributed by atoms with E-state index in [0.717, 1.165) is 0 Å². The Kier molecular flexibility index (Phi) is 3.43. The van der Waals surface area contributed by atoms with E-state index in [1.807, 2.05) is 0 Å². The molecule has 1 aromatic heterocycles. The summed E-state index contributed by atoms with van der Waals surface area (Å²) in [5.74, 6) is 1.09. The number of anilines is 1. The van der Waals surface area contributed by atoms with Gasteiger partial charge in [0.2, 0.25) is 5.89 Å². The Bertz CT molecular complexity index is 657. The number of aryl methyl sites for hydroxylation is 1. The van der Waals surface area contributed by atoms with Crippen LogP contribution < -0.4 is 5.32 Å². The Hall–Kier alpha value is -2.88. The van der Waals surface area contributed by atoms with Gasteiger partial charge in [0.15, 0.2) is 0 Å². The Balaban J connectivity index is 2.25. The molecule has 0 bridgehead atoms. The van der Waals surface area contributed by atoms with Gasteiger partial charge in [0, 0.05) is 0 Å². The van der Waals surface area contributed by atoms with Gasteiger partial charge in [-0.05, 0) is 19.1 Å². The van der Waals surface area contributed by atoms with Crippen LogP contribution in [0.25, 0.3) is 0 Å². The lowest BCUT2D eigenvalue weighted by Crippen LogP contribution is -2.04. The maximum atomic E-state index is 11.0. The number of nitrogens with one attached hydrogen (secondary N) is 1. The number of oxazole rings is 1. The SMILES string of the molecule is Cc1cnc(CNc2cccc(C#N)c2[N+](=O)[O-])o1. The summed E-state index contributed by atoms with van der Waals surface area (Å²) in [5, 5.41) is 22.7. The highest BCUT2D eigenvalue weighted by molar-refractivity contribution is 5.68. The van der Waals surface area contributed by atoms with Crippen molar-refractivity contribution in [1.82, 2.24) is 4.98 Å². The molecule has 96 valence electrons. The third kappa shape index (κ3) is 2.69. The van der Waals surface area contributed by atoms with Crippen LogP contribution in [0.2, 0.25) is 0 Å². The second-order valence-electron chi connectivity index (χ2n) is 3.79. The van der Waals surface area contributed by atoms with Crippen LogP contribution in [0.1, 0.15) is 17.2 Å². The third-order valence-electron chi connectivity index (χ3n) is 2.44. The maximum Gasteiger partial charge on any atom is 0.309 e. The number of nitrogens with zero attached hydrogens (tertiary/aromatic N) is 3. The van der Waals surface area contributed by atoms with Crippen LogP contribution >= 0.6 is 0 Å². The molecule has 7 heteroatoms. The molecule has 0 aliphatic heterocycles. The highest BCUT2D eigenvalue weighted by atomic mass is 16.6. The minimum atomic E-state index is -0.582. The lowest BCUT2D eigenvalue weighted by Gasteiger charge is -2.05. The minimum absolute atomic E-state index is 0.0126. The minimum Gasteiger partial charge on any atom is -0.444 e. The number of benzene rings is 1. The Morgan fingerprint density at radius 2 is 2.37 bits per heavy atom. The Labute approximate surface area is 108 Å². The average molecular weight is 258 g/mol.